The van der Waals surface area contributed by atoms with E-state index in [1.54, 1.807) is 23.6 Å². The van der Waals surface area contributed by atoms with E-state index < -0.39 is 5.97 Å². The van der Waals surface area contributed by atoms with Gasteiger partial charge in [0.25, 0.3) is 0 Å². The van der Waals surface area contributed by atoms with Crippen LogP contribution in [-0.2, 0) is 6.42 Å². The van der Waals surface area contributed by atoms with Crippen molar-refractivity contribution in [2.24, 2.45) is 0 Å². The van der Waals surface area contributed by atoms with Gasteiger partial charge in [-0.15, -0.1) is 11.3 Å². The lowest BCUT2D eigenvalue weighted by atomic mass is 10.1. The first-order valence-electron chi connectivity index (χ1n) is 4.71. The Morgan fingerprint density at radius 2 is 1.94 bits per heavy atom. The summed E-state index contributed by atoms with van der Waals surface area (Å²) in [5.74, 6) is -1.19. The smallest absolute Gasteiger partial charge is 0.346 e. The second-order valence-corrected chi connectivity index (χ2v) is 4.30. The molecule has 2 nitrogen and oxygen atoms in total. The molecule has 1 N–H and O–H groups in total. The number of halogens is 1. The molecule has 0 saturated carbocycles. The van der Waals surface area contributed by atoms with E-state index >= 15 is 0 Å². The van der Waals surface area contributed by atoms with Crippen LogP contribution < -0.4 is 0 Å². The Labute approximate surface area is 96.0 Å². The highest BCUT2D eigenvalue weighted by molar-refractivity contribution is 7.12. The first-order valence-corrected chi connectivity index (χ1v) is 5.59. The summed E-state index contributed by atoms with van der Waals surface area (Å²) in [5, 5.41) is 10.7. The molecule has 0 aliphatic carbocycles. The zero-order valence-corrected chi connectivity index (χ0v) is 9.13. The molecular weight excluding hydrogens is 227 g/mol. The molecule has 0 amide bonds. The molecule has 2 rings (SSSR count). The van der Waals surface area contributed by atoms with E-state index in [-0.39, 0.29) is 5.82 Å². The predicted octanol–water partition coefficient (Wildman–Crippen LogP) is 3.18. The zero-order valence-electron chi connectivity index (χ0n) is 8.31. The predicted molar refractivity (Wildman–Crippen MR) is 60.5 cm³/mol. The molecule has 0 bridgehead atoms. The van der Waals surface area contributed by atoms with Gasteiger partial charge in [-0.25, -0.2) is 9.18 Å². The van der Waals surface area contributed by atoms with Gasteiger partial charge in [-0.1, -0.05) is 12.1 Å². The molecule has 1 heterocycles. The van der Waals surface area contributed by atoms with E-state index in [9.17, 15) is 9.18 Å². The molecular formula is C12H9FO2S. The van der Waals surface area contributed by atoms with Crippen LogP contribution in [0.2, 0.25) is 0 Å². The average Bonchev–Trinajstić information content (AvgIpc) is 2.69. The van der Waals surface area contributed by atoms with Crippen LogP contribution >= 0.6 is 11.3 Å². The summed E-state index contributed by atoms with van der Waals surface area (Å²) in [7, 11) is 0. The lowest BCUT2D eigenvalue weighted by molar-refractivity contribution is 0.0701. The van der Waals surface area contributed by atoms with Gasteiger partial charge in [0.05, 0.1) is 0 Å². The highest BCUT2D eigenvalue weighted by atomic mass is 32.1. The number of thiophene rings is 1. The third kappa shape index (κ3) is 2.28. The fourth-order valence-electron chi connectivity index (χ4n) is 1.48. The maximum atomic E-state index is 12.7. The molecule has 1 aromatic heterocycles. The zero-order chi connectivity index (χ0) is 11.5. The maximum Gasteiger partial charge on any atom is 0.346 e. The van der Waals surface area contributed by atoms with Crippen LogP contribution in [0.15, 0.2) is 35.7 Å². The van der Waals surface area contributed by atoms with Gasteiger partial charge in [-0.2, -0.15) is 0 Å². The topological polar surface area (TPSA) is 37.3 Å². The van der Waals surface area contributed by atoms with Gasteiger partial charge >= 0.3 is 5.97 Å². The van der Waals surface area contributed by atoms with Crippen LogP contribution in [0.3, 0.4) is 0 Å². The molecule has 0 spiro atoms. The van der Waals surface area contributed by atoms with Gasteiger partial charge < -0.3 is 5.11 Å². The molecule has 0 aliphatic heterocycles. The third-order valence-electron chi connectivity index (χ3n) is 2.25. The minimum Gasteiger partial charge on any atom is -0.477 e. The summed E-state index contributed by atoms with van der Waals surface area (Å²) in [5.41, 5.74) is 1.67. The highest BCUT2D eigenvalue weighted by Gasteiger charge is 2.11. The van der Waals surface area contributed by atoms with Crippen LogP contribution in [0, 0.1) is 5.82 Å². The van der Waals surface area contributed by atoms with Crippen molar-refractivity contribution in [1.82, 2.24) is 0 Å². The summed E-state index contributed by atoms with van der Waals surface area (Å²) in [6, 6.07) is 7.87. The van der Waals surface area contributed by atoms with Gasteiger partial charge in [-0.05, 0) is 41.1 Å². The van der Waals surface area contributed by atoms with Crippen LogP contribution in [0.25, 0.3) is 0 Å². The Hall–Kier alpha value is -1.68. The highest BCUT2D eigenvalue weighted by Crippen LogP contribution is 2.20. The number of benzene rings is 1. The Bertz CT molecular complexity index is 502. The molecule has 0 unspecified atom stereocenters. The molecule has 0 atom stereocenters. The Morgan fingerprint density at radius 3 is 2.56 bits per heavy atom. The average molecular weight is 236 g/mol. The number of hydrogen-bond acceptors (Lipinski definition) is 2. The van der Waals surface area contributed by atoms with Gasteiger partial charge in [0, 0.05) is 0 Å². The van der Waals surface area contributed by atoms with E-state index in [0.29, 0.717) is 11.3 Å². The van der Waals surface area contributed by atoms with Crippen LogP contribution in [0.5, 0.6) is 0 Å². The van der Waals surface area contributed by atoms with Gasteiger partial charge in [0.15, 0.2) is 0 Å². The van der Waals surface area contributed by atoms with E-state index in [1.807, 2.05) is 0 Å². The number of rotatable bonds is 3. The summed E-state index contributed by atoms with van der Waals surface area (Å²) >= 11 is 1.21. The summed E-state index contributed by atoms with van der Waals surface area (Å²) in [6.45, 7) is 0. The molecule has 16 heavy (non-hydrogen) atoms. The van der Waals surface area contributed by atoms with E-state index in [2.05, 4.69) is 0 Å². The lowest BCUT2D eigenvalue weighted by Crippen LogP contribution is -1.98. The Morgan fingerprint density at radius 1 is 1.25 bits per heavy atom. The van der Waals surface area contributed by atoms with Crippen molar-refractivity contribution < 1.29 is 14.3 Å². The summed E-state index contributed by atoms with van der Waals surface area (Å²) in [6.07, 6.45) is 0.519. The van der Waals surface area contributed by atoms with Crippen molar-refractivity contribution in [2.75, 3.05) is 0 Å². The number of carboxylic acid groups (broad SMARTS) is 1. The van der Waals surface area contributed by atoms with Gasteiger partial charge in [0.1, 0.15) is 10.7 Å². The first-order chi connectivity index (χ1) is 7.66. The Balaban J connectivity index is 2.23. The minimum absolute atomic E-state index is 0.285. The molecule has 0 aliphatic rings. The number of hydrogen-bond donors (Lipinski definition) is 1. The normalized spacial score (nSPS) is 10.3. The van der Waals surface area contributed by atoms with Crippen LogP contribution in [0.1, 0.15) is 20.8 Å². The molecule has 0 fully saturated rings. The van der Waals surface area contributed by atoms with Crippen molar-refractivity contribution in [1.29, 1.82) is 0 Å². The summed E-state index contributed by atoms with van der Waals surface area (Å²) < 4.78 is 12.7. The molecule has 82 valence electrons. The van der Waals surface area contributed by atoms with Crippen molar-refractivity contribution in [2.45, 2.75) is 6.42 Å². The van der Waals surface area contributed by atoms with Gasteiger partial charge in [0.2, 0.25) is 0 Å². The van der Waals surface area contributed by atoms with Crippen molar-refractivity contribution in [3.8, 4) is 0 Å². The standard InChI is InChI=1S/C12H9FO2S/c13-10-3-1-8(2-4-10)7-9-5-6-16-11(9)12(14)15/h1-6H,7H2,(H,14,15). The first kappa shape index (κ1) is 10.8. The summed E-state index contributed by atoms with van der Waals surface area (Å²) in [4.78, 5) is 11.2. The van der Waals surface area contributed by atoms with Crippen molar-refractivity contribution in [3.05, 3.63) is 57.5 Å². The third-order valence-corrected chi connectivity index (χ3v) is 3.19. The van der Waals surface area contributed by atoms with E-state index in [4.69, 9.17) is 5.11 Å². The fraction of sp³-hybridized carbons (Fsp3) is 0.0833. The largest absolute Gasteiger partial charge is 0.477 e. The van der Waals surface area contributed by atoms with Crippen LogP contribution in [-0.4, -0.2) is 11.1 Å². The quantitative estimate of drug-likeness (QED) is 0.888. The number of aromatic carboxylic acids is 1. The van der Waals surface area contributed by atoms with Gasteiger partial charge in [-0.3, -0.25) is 0 Å². The molecule has 2 aromatic rings. The minimum atomic E-state index is -0.910. The van der Waals surface area contributed by atoms with E-state index in [0.717, 1.165) is 11.1 Å². The maximum absolute atomic E-state index is 12.7. The number of carboxylic acids is 1. The monoisotopic (exact) mass is 236 g/mol. The van der Waals surface area contributed by atoms with Crippen molar-refractivity contribution >= 4 is 17.3 Å². The second kappa shape index (κ2) is 4.45. The Kier molecular flexibility index (Phi) is 3.01. The lowest BCUT2D eigenvalue weighted by Gasteiger charge is -2.00. The van der Waals surface area contributed by atoms with E-state index in [1.165, 1.54) is 23.5 Å². The molecule has 0 saturated heterocycles. The molecule has 0 radical (unpaired) electrons. The number of carbonyl (C=O) groups is 1. The van der Waals surface area contributed by atoms with Crippen LogP contribution in [0.4, 0.5) is 4.39 Å². The molecule has 4 heteroatoms. The second-order valence-electron chi connectivity index (χ2n) is 3.38. The fourth-order valence-corrected chi connectivity index (χ4v) is 2.25. The van der Waals surface area contributed by atoms with Crippen molar-refractivity contribution in [3.63, 3.8) is 0 Å². The molecule has 1 aromatic carbocycles. The SMILES string of the molecule is O=C(O)c1sccc1Cc1ccc(F)cc1.